The van der Waals surface area contributed by atoms with Crippen LogP contribution in [-0.4, -0.2) is 27.4 Å². The van der Waals surface area contributed by atoms with Gasteiger partial charge in [0, 0.05) is 14.8 Å². The molecule has 0 aliphatic carbocycles. The van der Waals surface area contributed by atoms with Crippen molar-refractivity contribution in [2.24, 2.45) is 5.10 Å². The lowest BCUT2D eigenvalue weighted by Crippen LogP contribution is -2.18. The second kappa shape index (κ2) is 6.52. The van der Waals surface area contributed by atoms with E-state index >= 15 is 0 Å². The average molecular weight is 496 g/mol. The van der Waals surface area contributed by atoms with Crippen LogP contribution in [0.4, 0.5) is 0 Å². The highest BCUT2D eigenvalue weighted by molar-refractivity contribution is 14.1. The number of H-pyrrole nitrogens is 1. The summed E-state index contributed by atoms with van der Waals surface area (Å²) in [7, 11) is 0. The first-order valence-electron chi connectivity index (χ1n) is 5.51. The van der Waals surface area contributed by atoms with Gasteiger partial charge in [-0.15, -0.1) is 0 Å². The number of carbonyl (C=O) groups is 1. The van der Waals surface area contributed by atoms with Gasteiger partial charge in [0.2, 0.25) is 0 Å². The van der Waals surface area contributed by atoms with Crippen molar-refractivity contribution in [3.8, 4) is 5.75 Å². The minimum atomic E-state index is -0.412. The molecule has 1 aromatic heterocycles. The molecule has 6 nitrogen and oxygen atoms in total. The van der Waals surface area contributed by atoms with Crippen LogP contribution < -0.4 is 5.43 Å². The van der Waals surface area contributed by atoms with Gasteiger partial charge in [-0.25, -0.2) is 5.43 Å². The molecule has 0 atom stereocenters. The molecule has 0 radical (unpaired) electrons. The predicted molar refractivity (Wildman–Crippen MR) is 91.9 cm³/mol. The molecule has 0 fully saturated rings. The van der Waals surface area contributed by atoms with Gasteiger partial charge in [-0.3, -0.25) is 9.89 Å². The van der Waals surface area contributed by atoms with Gasteiger partial charge < -0.3 is 5.11 Å². The van der Waals surface area contributed by atoms with Crippen molar-refractivity contribution in [2.75, 3.05) is 0 Å². The van der Waals surface area contributed by atoms with Crippen LogP contribution in [-0.2, 0) is 0 Å². The van der Waals surface area contributed by atoms with Crippen molar-refractivity contribution in [3.63, 3.8) is 0 Å². The molecule has 2 aromatic rings. The number of nitrogens with zero attached hydrogens (tertiary/aromatic N) is 2. The van der Waals surface area contributed by atoms with Crippen molar-refractivity contribution in [3.05, 3.63) is 42.3 Å². The third-order valence-corrected chi connectivity index (χ3v) is 3.81. The van der Waals surface area contributed by atoms with Crippen molar-refractivity contribution in [2.45, 2.75) is 6.92 Å². The second-order valence-corrected chi connectivity index (χ2v) is 6.37. The van der Waals surface area contributed by atoms with Crippen LogP contribution in [0.5, 0.6) is 5.75 Å². The normalized spacial score (nSPS) is 10.9. The Bertz CT molecular complexity index is 682. The molecule has 0 unspecified atom stereocenters. The number of nitrogens with one attached hydrogen (secondary N) is 2. The summed E-state index contributed by atoms with van der Waals surface area (Å²) in [5.41, 5.74) is 3.96. The summed E-state index contributed by atoms with van der Waals surface area (Å²) >= 11 is 4.18. The molecular weight excluding hydrogens is 486 g/mol. The number of phenolic OH excluding ortho intramolecular Hbond substituents is 1. The highest BCUT2D eigenvalue weighted by Gasteiger charge is 2.08. The Balaban J connectivity index is 2.09. The van der Waals surface area contributed by atoms with E-state index in [-0.39, 0.29) is 11.4 Å². The van der Waals surface area contributed by atoms with Gasteiger partial charge in [0.05, 0.1) is 9.78 Å². The van der Waals surface area contributed by atoms with E-state index in [1.807, 2.05) is 28.7 Å². The van der Waals surface area contributed by atoms with Gasteiger partial charge >= 0.3 is 0 Å². The van der Waals surface area contributed by atoms with Gasteiger partial charge in [-0.1, -0.05) is 0 Å². The summed E-state index contributed by atoms with van der Waals surface area (Å²) in [6.07, 6.45) is 1.40. The fraction of sp³-hybridized carbons (Fsp3) is 0.0833. The number of aromatic nitrogens is 2. The lowest BCUT2D eigenvalue weighted by atomic mass is 10.2. The van der Waals surface area contributed by atoms with Crippen LogP contribution in [0.25, 0.3) is 0 Å². The van der Waals surface area contributed by atoms with Crippen molar-refractivity contribution in [1.82, 2.24) is 15.6 Å². The number of hydrogen-bond acceptors (Lipinski definition) is 4. The molecular formula is C12H10I2N4O2. The zero-order chi connectivity index (χ0) is 14.7. The maximum absolute atomic E-state index is 11.7. The molecule has 0 saturated heterocycles. The van der Waals surface area contributed by atoms with Gasteiger partial charge in [-0.2, -0.15) is 10.2 Å². The number of rotatable bonds is 3. The van der Waals surface area contributed by atoms with Crippen molar-refractivity contribution < 1.29 is 9.90 Å². The Kier molecular flexibility index (Phi) is 4.96. The number of aryl methyl sites for hydroxylation is 1. The van der Waals surface area contributed by atoms with E-state index in [0.717, 1.165) is 12.8 Å². The van der Waals surface area contributed by atoms with Crippen LogP contribution in [0.3, 0.4) is 0 Å². The summed E-state index contributed by atoms with van der Waals surface area (Å²) < 4.78 is 1.70. The van der Waals surface area contributed by atoms with Crippen LogP contribution in [0, 0.1) is 14.1 Å². The summed E-state index contributed by atoms with van der Waals surface area (Å²) in [6.45, 7) is 1.80. The third kappa shape index (κ3) is 3.69. The lowest BCUT2D eigenvalue weighted by Gasteiger charge is -2.02. The van der Waals surface area contributed by atoms with E-state index in [4.69, 9.17) is 0 Å². The standard InChI is InChI=1S/C12H10I2N4O2/c1-6-2-10(17-16-6)12(20)18-15-5-7-3-8(13)4-9(14)11(7)19/h2-5,19H,1H3,(H,16,17)(H,18,20)/b15-5+. The number of halogens is 2. The van der Waals surface area contributed by atoms with Crippen molar-refractivity contribution in [1.29, 1.82) is 0 Å². The number of hydrazone groups is 1. The van der Waals surface area contributed by atoms with E-state index in [1.165, 1.54) is 6.21 Å². The number of amides is 1. The molecule has 0 aliphatic rings. The summed E-state index contributed by atoms with van der Waals surface area (Å²) in [5, 5.41) is 20.2. The maximum Gasteiger partial charge on any atom is 0.291 e. The first kappa shape index (κ1) is 15.2. The van der Waals surface area contributed by atoms with Crippen LogP contribution >= 0.6 is 45.2 Å². The Labute approximate surface area is 142 Å². The van der Waals surface area contributed by atoms with Crippen LogP contribution in [0.2, 0.25) is 0 Å². The lowest BCUT2D eigenvalue weighted by molar-refractivity contribution is 0.0950. The Hall–Kier alpha value is -1.17. The Morgan fingerprint density at radius 3 is 2.85 bits per heavy atom. The van der Waals surface area contributed by atoms with Crippen molar-refractivity contribution >= 4 is 57.3 Å². The molecule has 1 aromatic carbocycles. The van der Waals surface area contributed by atoms with Crippen LogP contribution in [0.15, 0.2) is 23.3 Å². The molecule has 3 N–H and O–H groups in total. The fourth-order valence-corrected chi connectivity index (χ4v) is 3.33. The van der Waals surface area contributed by atoms with E-state index in [1.54, 1.807) is 19.1 Å². The van der Waals surface area contributed by atoms with E-state index in [2.05, 4.69) is 43.3 Å². The summed E-state index contributed by atoms with van der Waals surface area (Å²) in [6, 6.07) is 5.24. The fourth-order valence-electron chi connectivity index (χ4n) is 1.44. The van der Waals surface area contributed by atoms with E-state index < -0.39 is 5.91 Å². The summed E-state index contributed by atoms with van der Waals surface area (Å²) in [4.78, 5) is 11.7. The number of hydrogen-bond donors (Lipinski definition) is 3. The Morgan fingerprint density at radius 1 is 1.45 bits per heavy atom. The molecule has 0 spiro atoms. The minimum absolute atomic E-state index is 0.139. The highest BCUT2D eigenvalue weighted by atomic mass is 127. The molecule has 2 rings (SSSR count). The minimum Gasteiger partial charge on any atom is -0.506 e. The van der Waals surface area contributed by atoms with Gasteiger partial charge in [0.15, 0.2) is 5.69 Å². The topological polar surface area (TPSA) is 90.4 Å². The molecule has 104 valence electrons. The number of phenols is 1. The zero-order valence-corrected chi connectivity index (χ0v) is 14.6. The quantitative estimate of drug-likeness (QED) is 0.347. The molecule has 0 bridgehead atoms. The first-order chi connectivity index (χ1) is 9.47. The number of aromatic hydroxyl groups is 1. The molecule has 0 aliphatic heterocycles. The van der Waals surface area contributed by atoms with Gasteiger partial charge in [-0.05, 0) is 70.3 Å². The first-order valence-corrected chi connectivity index (χ1v) is 7.66. The molecule has 20 heavy (non-hydrogen) atoms. The molecule has 0 saturated carbocycles. The molecule has 1 heterocycles. The number of carbonyl (C=O) groups excluding carboxylic acids is 1. The third-order valence-electron chi connectivity index (χ3n) is 2.37. The highest BCUT2D eigenvalue weighted by Crippen LogP contribution is 2.25. The predicted octanol–water partition coefficient (Wildman–Crippen LogP) is 2.40. The number of aromatic amines is 1. The van der Waals surface area contributed by atoms with Gasteiger partial charge in [0.25, 0.3) is 5.91 Å². The second-order valence-electron chi connectivity index (χ2n) is 3.96. The zero-order valence-electron chi connectivity index (χ0n) is 10.3. The molecule has 1 amide bonds. The monoisotopic (exact) mass is 496 g/mol. The maximum atomic E-state index is 11.7. The van der Waals surface area contributed by atoms with E-state index in [9.17, 15) is 9.90 Å². The SMILES string of the molecule is Cc1cc(C(=O)N/N=C/c2cc(I)cc(I)c2O)n[nH]1. The van der Waals surface area contributed by atoms with Gasteiger partial charge in [0.1, 0.15) is 5.75 Å². The Morgan fingerprint density at radius 2 is 2.20 bits per heavy atom. The smallest absolute Gasteiger partial charge is 0.291 e. The number of benzene rings is 1. The van der Waals surface area contributed by atoms with Crippen LogP contribution in [0.1, 0.15) is 21.7 Å². The molecule has 8 heteroatoms. The van der Waals surface area contributed by atoms with E-state index in [0.29, 0.717) is 5.56 Å². The largest absolute Gasteiger partial charge is 0.506 e. The summed E-state index contributed by atoms with van der Waals surface area (Å²) in [5.74, 6) is -0.273. The average Bonchev–Trinajstić information content (AvgIpc) is 2.81.